The number of carboxylic acids is 2. The number of unbranched alkanes of at least 4 members (excludes halogenated alkanes) is 1. The molecule has 4 aromatic carbocycles. The van der Waals surface area contributed by atoms with Crippen molar-refractivity contribution < 1.29 is 63.3 Å². The van der Waals surface area contributed by atoms with E-state index in [9.17, 15) is 43.5 Å². The normalized spacial score (nSPS) is 19.5. The van der Waals surface area contributed by atoms with Gasteiger partial charge in [0.15, 0.2) is 0 Å². The van der Waals surface area contributed by atoms with Gasteiger partial charge in [0.05, 0.1) is 6.04 Å². The molecule has 1 saturated heterocycles. The molecular weight excluding hydrogens is 1170 g/mol. The van der Waals surface area contributed by atoms with E-state index >= 15 is 0 Å². The second-order valence-corrected chi connectivity index (χ2v) is 23.7. The number of nitrogens with one attached hydrogen (secondary N) is 9. The van der Waals surface area contributed by atoms with E-state index in [0.717, 1.165) is 62.8 Å². The second-order valence-electron chi connectivity index (χ2n) is 21.2. The van der Waals surface area contributed by atoms with Gasteiger partial charge in [-0.3, -0.25) is 47.9 Å². The number of amides is 8. The first-order valence-corrected chi connectivity index (χ1v) is 30.9. The van der Waals surface area contributed by atoms with Crippen molar-refractivity contribution in [2.45, 2.75) is 121 Å². The number of carbonyl (C=O) groups excluding carboxylic acids is 8. The summed E-state index contributed by atoms with van der Waals surface area (Å²) in [7, 11) is 2.13. The van der Waals surface area contributed by atoms with E-state index in [0.29, 0.717) is 29.5 Å². The maximum atomic E-state index is 14.9. The number of aliphatic carboxylic acids is 2. The highest BCUT2D eigenvalue weighted by atomic mass is 33.1. The molecule has 7 rings (SSSR count). The first kappa shape index (κ1) is 69.8. The summed E-state index contributed by atoms with van der Waals surface area (Å²) in [6.07, 6.45) is 4.31. The summed E-state index contributed by atoms with van der Waals surface area (Å²) in [6.45, 7) is 5.85. The van der Waals surface area contributed by atoms with Crippen LogP contribution in [0.1, 0.15) is 69.2 Å². The summed E-state index contributed by atoms with van der Waals surface area (Å²) in [5, 5.41) is 46.1. The summed E-state index contributed by atoms with van der Waals surface area (Å²) < 4.78 is 0. The van der Waals surface area contributed by atoms with Crippen LogP contribution in [0.5, 0.6) is 5.75 Å². The van der Waals surface area contributed by atoms with E-state index in [1.54, 1.807) is 50.5 Å². The molecule has 1 aliphatic heterocycles. The quantitative estimate of drug-likeness (QED) is 0.0433. The van der Waals surface area contributed by atoms with Gasteiger partial charge in [-0.05, 0) is 84.7 Å². The van der Waals surface area contributed by atoms with Crippen molar-refractivity contribution in [3.05, 3.63) is 138 Å². The number of fused-ring (bicyclic) bond motifs is 2. The zero-order valence-corrected chi connectivity index (χ0v) is 50.8. The van der Waals surface area contributed by atoms with Gasteiger partial charge in [-0.15, -0.1) is 0 Å². The molecule has 8 amide bonds. The van der Waals surface area contributed by atoms with Crippen molar-refractivity contribution in [1.82, 2.24) is 47.2 Å². The predicted octanol–water partition coefficient (Wildman–Crippen LogP) is 2.19. The molecule has 8 atom stereocenters. The lowest BCUT2D eigenvalue weighted by Gasteiger charge is -2.29. The van der Waals surface area contributed by atoms with Crippen LogP contribution in [-0.4, -0.2) is 151 Å². The van der Waals surface area contributed by atoms with Gasteiger partial charge in [0.1, 0.15) is 48.0 Å². The summed E-state index contributed by atoms with van der Waals surface area (Å²) >= 11 is 0. The highest BCUT2D eigenvalue weighted by Crippen LogP contribution is 2.25. The summed E-state index contributed by atoms with van der Waals surface area (Å²) in [4.78, 5) is 139. The first-order chi connectivity index (χ1) is 41.9. The molecule has 25 nitrogen and oxygen atoms in total. The number of primary amides is 1. The van der Waals surface area contributed by atoms with Crippen molar-refractivity contribution in [3.63, 3.8) is 0 Å². The number of phenols is 1. The van der Waals surface area contributed by atoms with Crippen LogP contribution in [-0.2, 0) is 73.6 Å². The number of aromatic nitrogens is 2. The molecule has 4 unspecified atom stereocenters. The Morgan fingerprint density at radius 2 is 1.14 bits per heavy atom. The molecule has 0 saturated carbocycles. The highest BCUT2D eigenvalue weighted by molar-refractivity contribution is 8.76. The average molecular weight is 1250 g/mol. The number of aromatic hydroxyl groups is 1. The molecule has 1 aliphatic rings. The fraction of sp³-hybridized carbons (Fsp3) is 0.377. The van der Waals surface area contributed by atoms with Crippen LogP contribution in [0.3, 0.4) is 0 Å². The molecule has 472 valence electrons. The van der Waals surface area contributed by atoms with Gasteiger partial charge in [-0.25, -0.2) is 0 Å². The van der Waals surface area contributed by atoms with Gasteiger partial charge in [0.25, 0.3) is 11.9 Å². The van der Waals surface area contributed by atoms with E-state index in [4.69, 9.17) is 37.0 Å². The van der Waals surface area contributed by atoms with Crippen LogP contribution in [0.15, 0.2) is 116 Å². The smallest absolute Gasteiger partial charge is 0.300 e. The molecule has 88 heavy (non-hydrogen) atoms. The minimum atomic E-state index is -1.40. The van der Waals surface area contributed by atoms with Crippen LogP contribution in [0.2, 0.25) is 0 Å². The number of rotatable bonds is 18. The summed E-state index contributed by atoms with van der Waals surface area (Å²) in [6, 6.07) is 19.5. The maximum absolute atomic E-state index is 14.9. The van der Waals surface area contributed by atoms with Crippen molar-refractivity contribution in [3.8, 4) is 5.75 Å². The molecule has 1 fully saturated rings. The molecule has 0 aliphatic carbocycles. The van der Waals surface area contributed by atoms with Gasteiger partial charge in [0, 0.05) is 78.8 Å². The summed E-state index contributed by atoms with van der Waals surface area (Å²) in [5.41, 5.74) is 22.4. The van der Waals surface area contributed by atoms with E-state index in [1.165, 1.54) is 12.1 Å². The average Bonchev–Trinajstić information content (AvgIpc) is 3.66. The fourth-order valence-corrected chi connectivity index (χ4v) is 11.6. The lowest BCUT2D eigenvalue weighted by Crippen LogP contribution is -2.61. The number of para-hydroxylation sites is 2. The highest BCUT2D eigenvalue weighted by Gasteiger charge is 2.36. The lowest BCUT2D eigenvalue weighted by molar-refractivity contribution is -0.136. The SMILES string of the molecule is CC(=O)O.CC(=O)O.CC(C)C1NC(=O)[C@H](CCCCN)NC(=O)C(Cc2c[nH]c3ccccc23)NC(=O)[C@H](Cc2ccc(O)cc2)NC(=O)C(NC(=O)[C@H](N)Cc2ccccc2)CSSCC(C(=O)N[C@@H](Cc2c[nH]c3ccccc23)C(N)=O)NC1=O. The predicted molar refractivity (Wildman–Crippen MR) is 336 cm³/mol. The summed E-state index contributed by atoms with van der Waals surface area (Å²) in [5.74, 6) is -8.73. The van der Waals surface area contributed by atoms with Gasteiger partial charge in [-0.1, -0.05) is 114 Å². The molecular formula is C61H78N12O13S2. The Morgan fingerprint density at radius 3 is 1.73 bits per heavy atom. The number of benzene rings is 4. The zero-order chi connectivity index (χ0) is 64.5. The number of hydrogen-bond donors (Lipinski definition) is 15. The molecule has 3 heterocycles. The zero-order valence-electron chi connectivity index (χ0n) is 49.2. The Morgan fingerprint density at radius 1 is 0.614 bits per heavy atom. The molecule has 2 aromatic heterocycles. The molecule has 27 heteroatoms. The maximum Gasteiger partial charge on any atom is 0.300 e. The van der Waals surface area contributed by atoms with Gasteiger partial charge >= 0.3 is 0 Å². The third-order valence-electron chi connectivity index (χ3n) is 13.8. The monoisotopic (exact) mass is 1250 g/mol. The minimum Gasteiger partial charge on any atom is -0.508 e. The van der Waals surface area contributed by atoms with E-state index in [1.807, 2.05) is 66.7 Å². The van der Waals surface area contributed by atoms with E-state index in [-0.39, 0.29) is 55.9 Å². The number of phenolic OH excluding ortho intramolecular Hbond substituents is 1. The number of carbonyl (C=O) groups is 10. The van der Waals surface area contributed by atoms with Crippen molar-refractivity contribution in [2.75, 3.05) is 18.1 Å². The Hall–Kier alpha value is -8.92. The molecule has 0 spiro atoms. The van der Waals surface area contributed by atoms with Crippen molar-refractivity contribution >= 4 is 103 Å². The number of aromatic amines is 2. The van der Waals surface area contributed by atoms with Crippen LogP contribution in [0.4, 0.5) is 0 Å². The topological polar surface area (TPSA) is 425 Å². The Kier molecular flexibility index (Phi) is 27.8. The number of nitrogens with two attached hydrogens (primary N) is 3. The Labute approximate surface area is 516 Å². The first-order valence-electron chi connectivity index (χ1n) is 28.4. The molecule has 0 radical (unpaired) electrons. The van der Waals surface area contributed by atoms with Gasteiger partial charge in [0.2, 0.25) is 47.3 Å². The number of hydrogen-bond acceptors (Lipinski definition) is 15. The van der Waals surface area contributed by atoms with Crippen LogP contribution in [0.25, 0.3) is 21.8 Å². The van der Waals surface area contributed by atoms with E-state index < -0.39 is 113 Å². The van der Waals surface area contributed by atoms with Gasteiger partial charge < -0.3 is 79.7 Å². The number of H-pyrrole nitrogens is 2. The molecule has 6 aromatic rings. The van der Waals surface area contributed by atoms with Crippen LogP contribution in [0, 0.1) is 5.92 Å². The Bertz CT molecular complexity index is 3320. The molecule has 0 bridgehead atoms. The van der Waals surface area contributed by atoms with Crippen molar-refractivity contribution in [1.29, 1.82) is 0 Å². The molecule has 18 N–H and O–H groups in total. The third-order valence-corrected chi connectivity index (χ3v) is 16.2. The van der Waals surface area contributed by atoms with Crippen LogP contribution >= 0.6 is 21.6 Å². The van der Waals surface area contributed by atoms with E-state index in [2.05, 4.69) is 47.2 Å². The van der Waals surface area contributed by atoms with Crippen molar-refractivity contribution in [2.24, 2.45) is 23.1 Å². The minimum absolute atomic E-state index is 0.00683. The Balaban J connectivity index is 0.00000166. The standard InChI is InChI=1S/C57H70N12O9S2.2C2H4O2/c1-32(2)49-57(78)68-48(55(76)64-44(50(60)71)26-35-28-61-41-16-8-6-14-38(35)41)31-80-79-30-47(67-51(72)40(59)24-33-12-4-3-5-13-33)56(77)65-45(25-34-19-21-37(70)22-20-34)53(74)66-46(27-36-29-62-42-17-9-7-15-39(36)42)54(75)63-43(52(73)69-49)18-10-11-23-58;2*1-2(3)4/h3-9,12-17,19-22,28-29,32,40,43-49,61-62,70H,10-11,18,23-27,30-31,58-59H2,1-2H3,(H2,60,71)(H,63,75)(H,64,76)(H,65,77)(H,66,74)(H,67,72)(H,68,78)(H,69,73);2*1H3,(H,3,4)/t40-,43+,44+,45+,46?,47?,48?,49?;;/m1../s1. The third kappa shape index (κ3) is 22.4. The largest absolute Gasteiger partial charge is 0.508 e. The van der Waals surface area contributed by atoms with Crippen LogP contribution < -0.4 is 54.4 Å². The lowest BCUT2D eigenvalue weighted by atomic mass is 10.00. The van der Waals surface area contributed by atoms with Gasteiger partial charge in [-0.2, -0.15) is 0 Å². The second kappa shape index (κ2) is 35.0. The number of carboxylic acid groups (broad SMARTS) is 2. The fourth-order valence-electron chi connectivity index (χ4n) is 9.29.